The van der Waals surface area contributed by atoms with Gasteiger partial charge in [0.25, 0.3) is 0 Å². The molecule has 2 aromatic carbocycles. The van der Waals surface area contributed by atoms with Gasteiger partial charge in [-0.3, -0.25) is 0 Å². The van der Waals surface area contributed by atoms with Crippen molar-refractivity contribution in [1.82, 2.24) is 0 Å². The molecule has 1 fully saturated rings. The first-order chi connectivity index (χ1) is 13.3. The van der Waals surface area contributed by atoms with E-state index in [1.807, 2.05) is 0 Å². The number of anilines is 1. The number of benzene rings is 2. The first-order valence-corrected chi connectivity index (χ1v) is 8.71. The quantitative estimate of drug-likeness (QED) is 0.799. The van der Waals surface area contributed by atoms with Crippen molar-refractivity contribution in [3.63, 3.8) is 0 Å². The number of aromatic carboxylic acids is 1. The standard InChI is InChI=1S/C20H20F3NO4/c1-27-12-16-10-18(28-17-8-4-14(5-9-17)20(21,22)23)11-24(16)15-6-2-13(3-7-15)19(25)26/h2-9,16,18H,10-12H2,1H3,(H,25,26)/t16-,18+/m0/s1. The summed E-state index contributed by atoms with van der Waals surface area (Å²) >= 11 is 0. The lowest BCUT2D eigenvalue weighted by Crippen LogP contribution is -2.33. The van der Waals surface area contributed by atoms with Crippen LogP contribution in [0.2, 0.25) is 0 Å². The monoisotopic (exact) mass is 395 g/mol. The Kier molecular flexibility index (Phi) is 5.79. The number of ether oxygens (including phenoxy) is 2. The van der Waals surface area contributed by atoms with Gasteiger partial charge in [-0.1, -0.05) is 0 Å². The van der Waals surface area contributed by atoms with Crippen LogP contribution in [0.5, 0.6) is 5.75 Å². The fourth-order valence-electron chi connectivity index (χ4n) is 3.34. The summed E-state index contributed by atoms with van der Waals surface area (Å²) in [5.74, 6) is -0.623. The Bertz CT molecular complexity index is 806. The summed E-state index contributed by atoms with van der Waals surface area (Å²) in [4.78, 5) is 13.1. The minimum absolute atomic E-state index is 0.0140. The maximum Gasteiger partial charge on any atom is 0.416 e. The van der Waals surface area contributed by atoms with Gasteiger partial charge in [-0.25, -0.2) is 4.79 Å². The summed E-state index contributed by atoms with van der Waals surface area (Å²) < 4.78 is 49.2. The highest BCUT2D eigenvalue weighted by Crippen LogP contribution is 2.32. The topological polar surface area (TPSA) is 59.0 Å². The van der Waals surface area contributed by atoms with Crippen LogP contribution in [0.1, 0.15) is 22.3 Å². The summed E-state index contributed by atoms with van der Waals surface area (Å²) in [6, 6.07) is 11.2. The van der Waals surface area contributed by atoms with Gasteiger partial charge in [0, 0.05) is 19.2 Å². The lowest BCUT2D eigenvalue weighted by Gasteiger charge is -2.26. The van der Waals surface area contributed by atoms with Crippen molar-refractivity contribution in [2.45, 2.75) is 24.7 Å². The third kappa shape index (κ3) is 4.56. The second kappa shape index (κ2) is 8.10. The van der Waals surface area contributed by atoms with E-state index in [-0.39, 0.29) is 17.7 Å². The van der Waals surface area contributed by atoms with Crippen LogP contribution >= 0.6 is 0 Å². The van der Waals surface area contributed by atoms with Crippen molar-refractivity contribution in [3.8, 4) is 5.75 Å². The molecule has 1 aliphatic rings. The molecule has 0 amide bonds. The van der Waals surface area contributed by atoms with Gasteiger partial charge < -0.3 is 19.5 Å². The van der Waals surface area contributed by atoms with Crippen LogP contribution < -0.4 is 9.64 Å². The van der Waals surface area contributed by atoms with E-state index in [0.29, 0.717) is 25.3 Å². The zero-order valence-electron chi connectivity index (χ0n) is 15.1. The van der Waals surface area contributed by atoms with E-state index in [0.717, 1.165) is 17.8 Å². The average molecular weight is 395 g/mol. The van der Waals surface area contributed by atoms with Gasteiger partial charge in [-0.2, -0.15) is 13.2 Å². The molecule has 28 heavy (non-hydrogen) atoms. The number of rotatable bonds is 6. The number of carbonyl (C=O) groups is 1. The van der Waals surface area contributed by atoms with Crippen LogP contribution in [-0.2, 0) is 10.9 Å². The van der Waals surface area contributed by atoms with E-state index >= 15 is 0 Å². The molecule has 0 radical (unpaired) electrons. The van der Waals surface area contributed by atoms with Crippen LogP contribution in [0.3, 0.4) is 0 Å². The number of hydrogen-bond donors (Lipinski definition) is 1. The molecule has 5 nitrogen and oxygen atoms in total. The highest BCUT2D eigenvalue weighted by Gasteiger charge is 2.34. The number of carboxylic acids is 1. The van der Waals surface area contributed by atoms with Gasteiger partial charge in [0.2, 0.25) is 0 Å². The molecule has 0 aromatic heterocycles. The van der Waals surface area contributed by atoms with E-state index in [1.54, 1.807) is 19.2 Å². The minimum Gasteiger partial charge on any atom is -0.489 e. The molecule has 3 rings (SSSR count). The van der Waals surface area contributed by atoms with Gasteiger partial charge >= 0.3 is 12.1 Å². The number of methoxy groups -OCH3 is 1. The van der Waals surface area contributed by atoms with Crippen molar-refractivity contribution < 1.29 is 32.5 Å². The summed E-state index contributed by atoms with van der Waals surface area (Å²) in [5.41, 5.74) is 0.318. The Balaban J connectivity index is 1.71. The zero-order chi connectivity index (χ0) is 20.3. The zero-order valence-corrected chi connectivity index (χ0v) is 15.1. The van der Waals surface area contributed by atoms with Crippen LogP contribution in [0.15, 0.2) is 48.5 Å². The van der Waals surface area contributed by atoms with Gasteiger partial charge in [-0.05, 0) is 48.5 Å². The van der Waals surface area contributed by atoms with Crippen LogP contribution in [0.4, 0.5) is 18.9 Å². The second-order valence-electron chi connectivity index (χ2n) is 6.61. The average Bonchev–Trinajstić information content (AvgIpc) is 3.04. The third-order valence-corrected chi connectivity index (χ3v) is 4.67. The number of hydrogen-bond acceptors (Lipinski definition) is 4. The molecule has 8 heteroatoms. The number of nitrogens with zero attached hydrogens (tertiary/aromatic N) is 1. The largest absolute Gasteiger partial charge is 0.489 e. The Morgan fingerprint density at radius 2 is 1.79 bits per heavy atom. The first kappa shape index (κ1) is 20.0. The first-order valence-electron chi connectivity index (χ1n) is 8.71. The second-order valence-corrected chi connectivity index (χ2v) is 6.61. The van der Waals surface area contributed by atoms with E-state index in [4.69, 9.17) is 14.6 Å². The van der Waals surface area contributed by atoms with Crippen molar-refractivity contribution in [3.05, 3.63) is 59.7 Å². The van der Waals surface area contributed by atoms with Crippen LogP contribution in [0, 0.1) is 0 Å². The van der Waals surface area contributed by atoms with E-state index < -0.39 is 17.7 Å². The Morgan fingerprint density at radius 3 is 2.32 bits per heavy atom. The van der Waals surface area contributed by atoms with Gasteiger partial charge in [0.15, 0.2) is 0 Å². The van der Waals surface area contributed by atoms with Crippen LogP contribution in [0.25, 0.3) is 0 Å². The molecule has 0 unspecified atom stereocenters. The third-order valence-electron chi connectivity index (χ3n) is 4.67. The highest BCUT2D eigenvalue weighted by molar-refractivity contribution is 5.88. The smallest absolute Gasteiger partial charge is 0.416 e. The molecular weight excluding hydrogens is 375 g/mol. The Labute approximate surface area is 160 Å². The summed E-state index contributed by atoms with van der Waals surface area (Å²) in [5, 5.41) is 9.03. The summed E-state index contributed by atoms with van der Waals surface area (Å²) in [6.45, 7) is 0.967. The molecule has 0 aliphatic carbocycles. The molecule has 150 valence electrons. The van der Waals surface area contributed by atoms with Crippen LogP contribution in [-0.4, -0.2) is 43.5 Å². The molecule has 0 spiro atoms. The number of halogens is 3. The summed E-state index contributed by atoms with van der Waals surface area (Å²) in [7, 11) is 1.59. The number of alkyl halides is 3. The molecule has 1 N–H and O–H groups in total. The van der Waals surface area contributed by atoms with Gasteiger partial charge in [0.1, 0.15) is 11.9 Å². The SMILES string of the molecule is COC[C@@H]1C[C@@H](Oc2ccc(C(F)(F)F)cc2)CN1c1ccc(C(=O)O)cc1. The van der Waals surface area contributed by atoms with Gasteiger partial charge in [-0.15, -0.1) is 0 Å². The number of carboxylic acid groups (broad SMARTS) is 1. The lowest BCUT2D eigenvalue weighted by molar-refractivity contribution is -0.137. The fourth-order valence-corrected chi connectivity index (χ4v) is 3.34. The van der Waals surface area contributed by atoms with Crippen molar-refractivity contribution in [2.24, 2.45) is 0 Å². The van der Waals surface area contributed by atoms with Crippen molar-refractivity contribution in [2.75, 3.05) is 25.2 Å². The molecule has 2 atom stereocenters. The molecule has 1 saturated heterocycles. The highest BCUT2D eigenvalue weighted by atomic mass is 19.4. The molecular formula is C20H20F3NO4. The molecule has 0 saturated carbocycles. The maximum absolute atomic E-state index is 12.7. The van der Waals surface area contributed by atoms with Gasteiger partial charge in [0.05, 0.1) is 30.3 Å². The normalized spacial score (nSPS) is 19.6. The van der Waals surface area contributed by atoms with E-state index in [2.05, 4.69) is 4.90 Å². The Morgan fingerprint density at radius 1 is 1.14 bits per heavy atom. The molecule has 1 heterocycles. The Hall–Kier alpha value is -2.74. The maximum atomic E-state index is 12.7. The summed E-state index contributed by atoms with van der Waals surface area (Å²) in [6.07, 6.45) is -3.97. The predicted molar refractivity (Wildman–Crippen MR) is 96.9 cm³/mol. The molecule has 0 bridgehead atoms. The molecule has 2 aromatic rings. The van der Waals surface area contributed by atoms with Crippen molar-refractivity contribution in [1.29, 1.82) is 0 Å². The van der Waals surface area contributed by atoms with Crippen molar-refractivity contribution >= 4 is 11.7 Å². The van der Waals surface area contributed by atoms with E-state index in [9.17, 15) is 18.0 Å². The predicted octanol–water partition coefficient (Wildman–Crippen LogP) is 4.08. The van der Waals surface area contributed by atoms with E-state index in [1.165, 1.54) is 24.3 Å². The fraction of sp³-hybridized carbons (Fsp3) is 0.350. The minimum atomic E-state index is -4.38. The molecule has 1 aliphatic heterocycles. The lowest BCUT2D eigenvalue weighted by atomic mass is 10.1.